The van der Waals surface area contributed by atoms with Crippen LogP contribution in [0.4, 0.5) is 4.39 Å². The Labute approximate surface area is 182 Å². The number of aliphatic hydroxyl groups excluding tert-OH is 1. The summed E-state index contributed by atoms with van der Waals surface area (Å²) in [6.07, 6.45) is 1.50. The summed E-state index contributed by atoms with van der Waals surface area (Å²) < 4.78 is 19.0. The monoisotopic (exact) mass is 506 g/mol. The number of nitrogens with one attached hydrogen (secondary N) is 1. The molecule has 0 spiro atoms. The maximum Gasteiger partial charge on any atom is 0.251 e. The minimum absolute atomic E-state index is 0. The SMILES string of the molecule is CN=C(NCc1ccc(F)c(CO)c1)N1CCN(C(=O)C2CCCO2)CC1.I. The zero-order chi connectivity index (χ0) is 19.2. The van der Waals surface area contributed by atoms with E-state index in [9.17, 15) is 14.3 Å². The van der Waals surface area contributed by atoms with Crippen LogP contribution in [-0.2, 0) is 22.7 Å². The molecule has 2 heterocycles. The Morgan fingerprint density at radius 3 is 2.64 bits per heavy atom. The standard InChI is InChI=1S/C19H27FN4O3.HI/c1-21-19(22-12-14-4-5-16(20)15(11-14)13-25)24-8-6-23(7-9-24)18(26)17-3-2-10-27-17;/h4-5,11,17,25H,2-3,6-10,12-13H2,1H3,(H,21,22);1H. The van der Waals surface area contributed by atoms with E-state index in [2.05, 4.69) is 15.2 Å². The summed E-state index contributed by atoms with van der Waals surface area (Å²) in [5, 5.41) is 12.5. The summed E-state index contributed by atoms with van der Waals surface area (Å²) >= 11 is 0. The van der Waals surface area contributed by atoms with Gasteiger partial charge in [-0.15, -0.1) is 24.0 Å². The number of carbonyl (C=O) groups excluding carboxylic acids is 1. The van der Waals surface area contributed by atoms with Crippen molar-refractivity contribution >= 4 is 35.8 Å². The molecule has 2 fully saturated rings. The molecule has 0 radical (unpaired) electrons. The van der Waals surface area contributed by atoms with Crippen molar-refractivity contribution in [3.05, 3.63) is 35.1 Å². The van der Waals surface area contributed by atoms with Crippen molar-refractivity contribution in [1.29, 1.82) is 0 Å². The molecular weight excluding hydrogens is 478 g/mol. The molecule has 2 aliphatic rings. The van der Waals surface area contributed by atoms with Crippen LogP contribution < -0.4 is 5.32 Å². The predicted octanol–water partition coefficient (Wildman–Crippen LogP) is 1.33. The highest BCUT2D eigenvalue weighted by Gasteiger charge is 2.30. The molecular formula is C19H28FIN4O3. The number of aliphatic hydroxyl groups is 1. The Morgan fingerprint density at radius 1 is 1.32 bits per heavy atom. The Hall–Kier alpha value is -1.46. The second-order valence-electron chi connectivity index (χ2n) is 6.80. The number of nitrogens with zero attached hydrogens (tertiary/aromatic N) is 3. The molecule has 1 aromatic rings. The van der Waals surface area contributed by atoms with E-state index in [-0.39, 0.29) is 48.2 Å². The van der Waals surface area contributed by atoms with E-state index in [4.69, 9.17) is 4.74 Å². The van der Waals surface area contributed by atoms with Crippen molar-refractivity contribution in [3.8, 4) is 0 Å². The Kier molecular flexibility index (Phi) is 8.90. The van der Waals surface area contributed by atoms with E-state index in [1.165, 1.54) is 6.07 Å². The topological polar surface area (TPSA) is 77.4 Å². The Bertz CT molecular complexity index is 690. The smallest absolute Gasteiger partial charge is 0.251 e. The van der Waals surface area contributed by atoms with Crippen molar-refractivity contribution in [3.63, 3.8) is 0 Å². The minimum atomic E-state index is -0.405. The molecule has 7 nitrogen and oxygen atoms in total. The van der Waals surface area contributed by atoms with Gasteiger partial charge in [-0.3, -0.25) is 9.79 Å². The van der Waals surface area contributed by atoms with Gasteiger partial charge in [0, 0.05) is 51.9 Å². The first-order chi connectivity index (χ1) is 13.1. The molecule has 0 bridgehead atoms. The molecule has 0 saturated carbocycles. The molecule has 2 saturated heterocycles. The minimum Gasteiger partial charge on any atom is -0.392 e. The number of piperazine rings is 1. The first kappa shape index (κ1) is 22.8. The van der Waals surface area contributed by atoms with Crippen molar-refractivity contribution in [2.75, 3.05) is 39.8 Å². The second kappa shape index (κ2) is 10.9. The van der Waals surface area contributed by atoms with Gasteiger partial charge in [0.15, 0.2) is 5.96 Å². The molecule has 1 unspecified atom stereocenters. The molecule has 156 valence electrons. The summed E-state index contributed by atoms with van der Waals surface area (Å²) in [5.74, 6) is 0.435. The summed E-state index contributed by atoms with van der Waals surface area (Å²) in [4.78, 5) is 20.7. The first-order valence-corrected chi connectivity index (χ1v) is 9.36. The van der Waals surface area contributed by atoms with Crippen molar-refractivity contribution in [1.82, 2.24) is 15.1 Å². The van der Waals surface area contributed by atoms with Gasteiger partial charge in [-0.1, -0.05) is 6.07 Å². The highest BCUT2D eigenvalue weighted by molar-refractivity contribution is 14.0. The van der Waals surface area contributed by atoms with E-state index in [0.29, 0.717) is 39.3 Å². The summed E-state index contributed by atoms with van der Waals surface area (Å²) in [7, 11) is 1.72. The van der Waals surface area contributed by atoms with Gasteiger partial charge in [-0.05, 0) is 30.5 Å². The zero-order valence-electron chi connectivity index (χ0n) is 16.1. The number of benzene rings is 1. The van der Waals surface area contributed by atoms with Crippen molar-refractivity contribution in [2.45, 2.75) is 32.1 Å². The van der Waals surface area contributed by atoms with Crippen LogP contribution in [0.25, 0.3) is 0 Å². The van der Waals surface area contributed by atoms with Gasteiger partial charge in [0.1, 0.15) is 11.9 Å². The first-order valence-electron chi connectivity index (χ1n) is 9.36. The van der Waals surface area contributed by atoms with Gasteiger partial charge >= 0.3 is 0 Å². The van der Waals surface area contributed by atoms with Crippen LogP contribution in [0.2, 0.25) is 0 Å². The Balaban J connectivity index is 0.00000280. The molecule has 28 heavy (non-hydrogen) atoms. The number of rotatable bonds is 4. The molecule has 2 aliphatic heterocycles. The van der Waals surface area contributed by atoms with Gasteiger partial charge in [0.05, 0.1) is 6.61 Å². The predicted molar refractivity (Wildman–Crippen MR) is 115 cm³/mol. The number of amides is 1. The summed E-state index contributed by atoms with van der Waals surface area (Å²) in [5.41, 5.74) is 1.15. The van der Waals surface area contributed by atoms with Crippen LogP contribution in [0.3, 0.4) is 0 Å². The molecule has 1 atom stereocenters. The fraction of sp³-hybridized carbons (Fsp3) is 0.579. The summed E-state index contributed by atoms with van der Waals surface area (Å²) in [6, 6.07) is 4.70. The largest absolute Gasteiger partial charge is 0.392 e. The number of guanidine groups is 1. The number of ether oxygens (including phenoxy) is 1. The fourth-order valence-electron chi connectivity index (χ4n) is 3.49. The maximum absolute atomic E-state index is 13.5. The van der Waals surface area contributed by atoms with Crippen molar-refractivity contribution < 1.29 is 19.0 Å². The number of halogens is 2. The van der Waals surface area contributed by atoms with E-state index in [0.717, 1.165) is 24.4 Å². The van der Waals surface area contributed by atoms with Gasteiger partial charge in [-0.25, -0.2) is 4.39 Å². The van der Waals surface area contributed by atoms with Crippen LogP contribution in [-0.4, -0.2) is 72.7 Å². The van der Waals surface area contributed by atoms with E-state index >= 15 is 0 Å². The lowest BCUT2D eigenvalue weighted by atomic mass is 10.1. The molecule has 3 rings (SSSR count). The van der Waals surface area contributed by atoms with E-state index in [1.807, 2.05) is 4.90 Å². The van der Waals surface area contributed by atoms with Crippen LogP contribution in [0, 0.1) is 5.82 Å². The normalized spacial score (nSPS) is 20.1. The molecule has 1 amide bonds. The van der Waals surface area contributed by atoms with E-state index in [1.54, 1.807) is 19.2 Å². The van der Waals surface area contributed by atoms with Crippen LogP contribution in [0.5, 0.6) is 0 Å². The molecule has 1 aromatic carbocycles. The van der Waals surface area contributed by atoms with Gasteiger partial charge in [0.25, 0.3) is 5.91 Å². The molecule has 0 aliphatic carbocycles. The van der Waals surface area contributed by atoms with Gasteiger partial charge in [-0.2, -0.15) is 0 Å². The highest BCUT2D eigenvalue weighted by Crippen LogP contribution is 2.16. The fourth-order valence-corrected chi connectivity index (χ4v) is 3.49. The average Bonchev–Trinajstić information content (AvgIpc) is 3.24. The van der Waals surface area contributed by atoms with E-state index < -0.39 is 5.82 Å². The highest BCUT2D eigenvalue weighted by atomic mass is 127. The number of hydrogen-bond donors (Lipinski definition) is 2. The van der Waals surface area contributed by atoms with Gasteiger partial charge in [0.2, 0.25) is 0 Å². The number of hydrogen-bond acceptors (Lipinski definition) is 4. The maximum atomic E-state index is 13.5. The van der Waals surface area contributed by atoms with Crippen LogP contribution in [0.15, 0.2) is 23.2 Å². The number of carbonyl (C=O) groups is 1. The third-order valence-corrected chi connectivity index (χ3v) is 5.04. The molecule has 2 N–H and O–H groups in total. The van der Waals surface area contributed by atoms with Gasteiger partial charge < -0.3 is 25.0 Å². The third kappa shape index (κ3) is 5.54. The quantitative estimate of drug-likeness (QED) is 0.366. The zero-order valence-corrected chi connectivity index (χ0v) is 18.4. The second-order valence-corrected chi connectivity index (χ2v) is 6.80. The van der Waals surface area contributed by atoms with Crippen LogP contribution >= 0.6 is 24.0 Å². The number of aliphatic imine (C=N–C) groups is 1. The van der Waals surface area contributed by atoms with Crippen molar-refractivity contribution in [2.24, 2.45) is 4.99 Å². The summed E-state index contributed by atoms with van der Waals surface area (Å²) in [6.45, 7) is 3.51. The Morgan fingerprint density at radius 2 is 2.04 bits per heavy atom. The lowest BCUT2D eigenvalue weighted by Gasteiger charge is -2.37. The lowest BCUT2D eigenvalue weighted by molar-refractivity contribution is -0.142. The molecule has 0 aromatic heterocycles. The third-order valence-electron chi connectivity index (χ3n) is 5.04. The average molecular weight is 506 g/mol. The molecule has 9 heteroatoms. The van der Waals surface area contributed by atoms with Crippen LogP contribution in [0.1, 0.15) is 24.0 Å². The lowest BCUT2D eigenvalue weighted by Crippen LogP contribution is -2.55.